The third kappa shape index (κ3) is 3.01. The summed E-state index contributed by atoms with van der Waals surface area (Å²) >= 11 is 3.66. The van der Waals surface area contributed by atoms with Crippen molar-refractivity contribution in [1.29, 1.82) is 0 Å². The van der Waals surface area contributed by atoms with E-state index in [1.54, 1.807) is 24.8 Å². The monoisotopic (exact) mass is 549 g/mol. The first-order chi connectivity index (χ1) is 19.7. The van der Waals surface area contributed by atoms with Crippen LogP contribution in [-0.4, -0.2) is 24.5 Å². The molecule has 4 aromatic carbocycles. The molecule has 5 heterocycles. The number of aryl methyl sites for hydroxylation is 1. The predicted octanol–water partition coefficient (Wildman–Crippen LogP) is 8.98. The van der Waals surface area contributed by atoms with Gasteiger partial charge in [0.25, 0.3) is 0 Å². The Balaban J connectivity index is 1.33. The van der Waals surface area contributed by atoms with Gasteiger partial charge in [-0.05, 0) is 45.8 Å². The molecule has 0 spiro atoms. The molecule has 0 fully saturated rings. The van der Waals surface area contributed by atoms with E-state index in [1.165, 1.54) is 51.7 Å². The Bertz CT molecular complexity index is 2190. The lowest BCUT2D eigenvalue weighted by Gasteiger charge is -2.08. The highest BCUT2D eigenvalue weighted by Gasteiger charge is 2.21. The van der Waals surface area contributed by atoms with Gasteiger partial charge in [0.15, 0.2) is 0 Å². The molecule has 0 N–H and O–H groups in total. The lowest BCUT2D eigenvalue weighted by molar-refractivity contribution is 1.03. The summed E-state index contributed by atoms with van der Waals surface area (Å²) in [5, 5.41) is 6.02. The molecule has 0 bridgehead atoms. The van der Waals surface area contributed by atoms with E-state index in [0.29, 0.717) is 0 Å². The number of rotatable bonds is 2. The van der Waals surface area contributed by atoms with Gasteiger partial charge in [0.2, 0.25) is 0 Å². The maximum absolute atomic E-state index is 4.78. The van der Waals surface area contributed by atoms with E-state index in [4.69, 9.17) is 9.97 Å². The molecule has 0 amide bonds. The van der Waals surface area contributed by atoms with Gasteiger partial charge in [0.05, 0.1) is 32.3 Å². The number of hydrogen-bond acceptors (Lipinski definition) is 6. The zero-order valence-corrected chi connectivity index (χ0v) is 22.9. The third-order valence-electron chi connectivity index (χ3n) is 7.80. The smallest absolute Gasteiger partial charge is 0.105 e. The number of nitrogens with zero attached hydrogens (tertiary/aromatic N) is 5. The second-order valence-corrected chi connectivity index (χ2v) is 12.1. The highest BCUT2D eigenvalue weighted by atomic mass is 32.1. The van der Waals surface area contributed by atoms with Crippen molar-refractivity contribution in [2.75, 3.05) is 0 Å². The Morgan fingerprint density at radius 2 is 1.12 bits per heavy atom. The van der Waals surface area contributed by atoms with Gasteiger partial charge in [-0.3, -0.25) is 19.9 Å². The van der Waals surface area contributed by atoms with Gasteiger partial charge in [0.1, 0.15) is 4.83 Å². The summed E-state index contributed by atoms with van der Waals surface area (Å²) in [6, 6.07) is 26.0. The Morgan fingerprint density at radius 1 is 0.575 bits per heavy atom. The molecule has 5 nitrogen and oxygen atoms in total. The first-order valence-corrected chi connectivity index (χ1v) is 14.7. The highest BCUT2D eigenvalue weighted by Crippen LogP contribution is 2.48. The Labute approximate surface area is 236 Å². The standard InChI is InChI=1S/C33H19N5S2/c1-38-25-17-27(29-21-9-5-3-7-19(21)15-24-31(29)37-13-11-35-24)39-32(25)22-16-26(40-33(22)38)28-20-8-4-2-6-18(20)14-23-30(28)36-12-10-34-23/h2-17H,1H3. The molecule has 0 radical (unpaired) electrons. The molecule has 0 aliphatic carbocycles. The third-order valence-corrected chi connectivity index (χ3v) is 10.2. The van der Waals surface area contributed by atoms with Crippen LogP contribution in [0.1, 0.15) is 0 Å². The second kappa shape index (κ2) is 8.14. The zero-order chi connectivity index (χ0) is 26.4. The summed E-state index contributed by atoms with van der Waals surface area (Å²) in [6.45, 7) is 0. The molecule has 5 aromatic heterocycles. The Kier molecular flexibility index (Phi) is 4.51. The summed E-state index contributed by atoms with van der Waals surface area (Å²) in [5.41, 5.74) is 7.26. The fourth-order valence-electron chi connectivity index (χ4n) is 6.02. The molecule has 7 heteroatoms. The molecule has 9 aromatic rings. The average molecular weight is 550 g/mol. The number of thiophene rings is 2. The van der Waals surface area contributed by atoms with Crippen LogP contribution in [0.25, 0.3) is 84.9 Å². The SMILES string of the molecule is Cn1c2cc(-c3c4ccccc4cc4nccnc34)sc2c2cc(-c3c4ccccc4cc4nccnc34)sc21. The van der Waals surface area contributed by atoms with Crippen LogP contribution >= 0.6 is 22.7 Å². The largest absolute Gasteiger partial charge is 0.335 e. The minimum Gasteiger partial charge on any atom is -0.335 e. The molecular formula is C33H19N5S2. The van der Waals surface area contributed by atoms with E-state index in [-0.39, 0.29) is 0 Å². The summed E-state index contributed by atoms with van der Waals surface area (Å²) in [7, 11) is 2.17. The Hall–Kier alpha value is -4.72. The van der Waals surface area contributed by atoms with Crippen molar-refractivity contribution in [1.82, 2.24) is 24.5 Å². The fraction of sp³-hybridized carbons (Fsp3) is 0.0303. The van der Waals surface area contributed by atoms with Crippen LogP contribution in [0.2, 0.25) is 0 Å². The van der Waals surface area contributed by atoms with Crippen LogP contribution in [0.15, 0.2) is 97.6 Å². The Morgan fingerprint density at radius 3 is 1.75 bits per heavy atom. The summed E-state index contributed by atoms with van der Waals surface area (Å²) in [6.07, 6.45) is 7.11. The van der Waals surface area contributed by atoms with Crippen LogP contribution in [0.5, 0.6) is 0 Å². The molecule has 0 saturated carbocycles. The van der Waals surface area contributed by atoms with E-state index >= 15 is 0 Å². The maximum Gasteiger partial charge on any atom is 0.105 e. The van der Waals surface area contributed by atoms with Crippen LogP contribution < -0.4 is 0 Å². The average Bonchev–Trinajstić information content (AvgIpc) is 3.68. The van der Waals surface area contributed by atoms with Crippen molar-refractivity contribution >= 4 is 86.7 Å². The van der Waals surface area contributed by atoms with E-state index in [0.717, 1.165) is 33.2 Å². The van der Waals surface area contributed by atoms with Crippen molar-refractivity contribution in [3.8, 4) is 20.9 Å². The van der Waals surface area contributed by atoms with E-state index in [1.807, 2.05) is 22.7 Å². The van der Waals surface area contributed by atoms with Gasteiger partial charge in [-0.25, -0.2) is 0 Å². The molecular weight excluding hydrogens is 531 g/mol. The molecule has 188 valence electrons. The van der Waals surface area contributed by atoms with Crippen LogP contribution in [-0.2, 0) is 7.05 Å². The molecule has 9 rings (SSSR count). The minimum atomic E-state index is 0.917. The molecule has 0 unspecified atom stereocenters. The minimum absolute atomic E-state index is 0.917. The molecule has 0 aliphatic heterocycles. The van der Waals surface area contributed by atoms with Gasteiger partial charge in [-0.2, -0.15) is 0 Å². The van der Waals surface area contributed by atoms with Gasteiger partial charge in [-0.15, -0.1) is 22.7 Å². The van der Waals surface area contributed by atoms with Crippen molar-refractivity contribution in [3.63, 3.8) is 0 Å². The topological polar surface area (TPSA) is 56.5 Å². The molecule has 0 atom stereocenters. The van der Waals surface area contributed by atoms with Gasteiger partial charge in [0, 0.05) is 58.1 Å². The van der Waals surface area contributed by atoms with Crippen LogP contribution in [0.3, 0.4) is 0 Å². The summed E-state index contributed by atoms with van der Waals surface area (Å²) < 4.78 is 3.62. The number of aromatic nitrogens is 5. The second-order valence-electron chi connectivity index (χ2n) is 10.0. The van der Waals surface area contributed by atoms with Crippen molar-refractivity contribution in [2.45, 2.75) is 0 Å². The van der Waals surface area contributed by atoms with E-state index < -0.39 is 0 Å². The highest BCUT2D eigenvalue weighted by molar-refractivity contribution is 7.26. The lowest BCUT2D eigenvalue weighted by Crippen LogP contribution is -1.88. The number of fused-ring (bicyclic) bond motifs is 7. The zero-order valence-electron chi connectivity index (χ0n) is 21.3. The normalized spacial score (nSPS) is 12.1. The predicted molar refractivity (Wildman–Crippen MR) is 168 cm³/mol. The summed E-state index contributed by atoms with van der Waals surface area (Å²) in [5.74, 6) is 0. The quantitative estimate of drug-likeness (QED) is 0.202. The first-order valence-electron chi connectivity index (χ1n) is 13.0. The van der Waals surface area contributed by atoms with Crippen molar-refractivity contribution in [3.05, 3.63) is 97.6 Å². The lowest BCUT2D eigenvalue weighted by atomic mass is 10.0. The van der Waals surface area contributed by atoms with Crippen LogP contribution in [0, 0.1) is 0 Å². The summed E-state index contributed by atoms with van der Waals surface area (Å²) in [4.78, 5) is 22.5. The fourth-order valence-corrected chi connectivity index (χ4v) is 8.55. The molecule has 0 saturated heterocycles. The van der Waals surface area contributed by atoms with Crippen molar-refractivity contribution < 1.29 is 0 Å². The van der Waals surface area contributed by atoms with Crippen molar-refractivity contribution in [2.24, 2.45) is 7.05 Å². The maximum atomic E-state index is 4.78. The molecule has 40 heavy (non-hydrogen) atoms. The molecule has 0 aliphatic rings. The number of benzene rings is 4. The van der Waals surface area contributed by atoms with E-state index in [2.05, 4.69) is 94.4 Å². The van der Waals surface area contributed by atoms with Gasteiger partial charge < -0.3 is 4.57 Å². The van der Waals surface area contributed by atoms with E-state index in [9.17, 15) is 0 Å². The van der Waals surface area contributed by atoms with Gasteiger partial charge in [-0.1, -0.05) is 48.5 Å². The van der Waals surface area contributed by atoms with Gasteiger partial charge >= 0.3 is 0 Å². The number of hydrogen-bond donors (Lipinski definition) is 0. The first kappa shape index (κ1) is 22.1. The van der Waals surface area contributed by atoms with Crippen LogP contribution in [0.4, 0.5) is 0 Å².